The van der Waals surface area contributed by atoms with E-state index in [1.165, 1.54) is 0 Å². The highest BCUT2D eigenvalue weighted by atomic mass is 16.4. The monoisotopic (exact) mass is 266 g/mol. The van der Waals surface area contributed by atoms with Crippen LogP contribution in [0, 0.1) is 22.7 Å². The van der Waals surface area contributed by atoms with Gasteiger partial charge in [0.25, 0.3) is 0 Å². The van der Waals surface area contributed by atoms with Crippen LogP contribution in [0.2, 0.25) is 0 Å². The van der Waals surface area contributed by atoms with Crippen LogP contribution in [-0.2, 0) is 9.59 Å². The molecule has 0 aromatic heterocycles. The fourth-order valence-corrected chi connectivity index (χ4v) is 2.55. The molecule has 0 radical (unpaired) electrons. The first-order chi connectivity index (χ1) is 9.00. The van der Waals surface area contributed by atoms with Crippen molar-refractivity contribution >= 4 is 11.9 Å². The zero-order valence-corrected chi connectivity index (χ0v) is 11.4. The van der Waals surface area contributed by atoms with Gasteiger partial charge in [-0.05, 0) is 19.8 Å². The number of aliphatic carboxylic acids is 1. The maximum Gasteiger partial charge on any atom is 0.310 e. The van der Waals surface area contributed by atoms with Gasteiger partial charge in [-0.2, -0.15) is 5.26 Å². The molecule has 1 aliphatic carbocycles. The van der Waals surface area contributed by atoms with E-state index in [4.69, 9.17) is 5.26 Å². The number of hydrogen-bond acceptors (Lipinski definition) is 3. The Bertz CT molecular complexity index is 365. The molecule has 0 bridgehead atoms. The number of nitrogens with one attached hydrogen (secondary N) is 1. The third-order valence-corrected chi connectivity index (χ3v) is 3.84. The molecule has 1 aliphatic rings. The van der Waals surface area contributed by atoms with Gasteiger partial charge in [0, 0.05) is 13.0 Å². The predicted octanol–water partition coefficient (Wildman–Crippen LogP) is 2.08. The van der Waals surface area contributed by atoms with Crippen molar-refractivity contribution < 1.29 is 14.7 Å². The van der Waals surface area contributed by atoms with Gasteiger partial charge in [0.15, 0.2) is 0 Å². The van der Waals surface area contributed by atoms with Gasteiger partial charge in [-0.1, -0.05) is 25.7 Å². The molecule has 1 saturated carbocycles. The highest BCUT2D eigenvalue weighted by molar-refractivity contribution is 5.85. The van der Waals surface area contributed by atoms with Crippen molar-refractivity contribution in [2.75, 3.05) is 6.54 Å². The molecule has 5 heteroatoms. The molecule has 0 aromatic rings. The van der Waals surface area contributed by atoms with Crippen molar-refractivity contribution in [1.29, 1.82) is 5.26 Å². The average Bonchev–Trinajstić information content (AvgIpc) is 2.62. The fourth-order valence-electron chi connectivity index (χ4n) is 2.55. The van der Waals surface area contributed by atoms with Gasteiger partial charge < -0.3 is 10.4 Å². The second kappa shape index (κ2) is 7.13. The summed E-state index contributed by atoms with van der Waals surface area (Å²) in [7, 11) is 0. The lowest BCUT2D eigenvalue weighted by atomic mass is 9.77. The Morgan fingerprint density at radius 2 is 1.89 bits per heavy atom. The Hall–Kier alpha value is -1.57. The van der Waals surface area contributed by atoms with Crippen LogP contribution in [0.4, 0.5) is 0 Å². The first kappa shape index (κ1) is 15.5. The number of amides is 1. The smallest absolute Gasteiger partial charge is 0.310 e. The molecule has 0 heterocycles. The molecule has 0 aromatic carbocycles. The topological polar surface area (TPSA) is 90.2 Å². The highest BCUT2D eigenvalue weighted by Crippen LogP contribution is 2.38. The minimum absolute atomic E-state index is 0.0283. The maximum absolute atomic E-state index is 11.9. The van der Waals surface area contributed by atoms with Crippen LogP contribution in [0.1, 0.15) is 51.9 Å². The minimum Gasteiger partial charge on any atom is -0.481 e. The molecule has 1 atom stereocenters. The lowest BCUT2D eigenvalue weighted by Gasteiger charge is -2.27. The van der Waals surface area contributed by atoms with Crippen LogP contribution in [-0.4, -0.2) is 23.5 Å². The van der Waals surface area contributed by atoms with Gasteiger partial charge in [-0.25, -0.2) is 0 Å². The van der Waals surface area contributed by atoms with Gasteiger partial charge in [0.2, 0.25) is 5.91 Å². The number of nitrogens with zero attached hydrogens (tertiary/aromatic N) is 1. The molecule has 0 spiro atoms. The van der Waals surface area contributed by atoms with Crippen molar-refractivity contribution in [3.63, 3.8) is 0 Å². The van der Waals surface area contributed by atoms with Crippen LogP contribution < -0.4 is 5.32 Å². The summed E-state index contributed by atoms with van der Waals surface area (Å²) in [6.07, 6.45) is 5.00. The lowest BCUT2D eigenvalue weighted by Crippen LogP contribution is -2.38. The van der Waals surface area contributed by atoms with Gasteiger partial charge in [-0.15, -0.1) is 0 Å². The molecular formula is C14H22N2O3. The molecule has 19 heavy (non-hydrogen) atoms. The zero-order valence-electron chi connectivity index (χ0n) is 11.4. The Balaban J connectivity index is 2.60. The van der Waals surface area contributed by atoms with Crippen molar-refractivity contribution in [3.05, 3.63) is 0 Å². The second-order valence-electron chi connectivity index (χ2n) is 5.51. The van der Waals surface area contributed by atoms with E-state index in [1.807, 2.05) is 6.07 Å². The van der Waals surface area contributed by atoms with E-state index in [2.05, 4.69) is 5.32 Å². The number of nitriles is 1. The van der Waals surface area contributed by atoms with Crippen LogP contribution in [0.25, 0.3) is 0 Å². The third kappa shape index (κ3) is 4.55. The first-order valence-electron chi connectivity index (χ1n) is 6.90. The summed E-state index contributed by atoms with van der Waals surface area (Å²) in [5.41, 5.74) is -0.906. The summed E-state index contributed by atoms with van der Waals surface area (Å²) in [5, 5.41) is 20.8. The van der Waals surface area contributed by atoms with E-state index in [9.17, 15) is 14.7 Å². The SMILES string of the molecule is CC(C#N)CNC(=O)CC1(C(=O)O)CCCCCC1. The Morgan fingerprint density at radius 1 is 1.32 bits per heavy atom. The normalized spacial score (nSPS) is 19.8. The summed E-state index contributed by atoms with van der Waals surface area (Å²) < 4.78 is 0. The van der Waals surface area contributed by atoms with Crippen LogP contribution in [0.15, 0.2) is 0 Å². The molecular weight excluding hydrogens is 244 g/mol. The number of rotatable bonds is 5. The number of carbonyl (C=O) groups excluding carboxylic acids is 1. The molecule has 106 valence electrons. The Morgan fingerprint density at radius 3 is 2.37 bits per heavy atom. The van der Waals surface area contributed by atoms with Crippen molar-refractivity contribution in [3.8, 4) is 6.07 Å². The molecule has 0 aliphatic heterocycles. The quantitative estimate of drug-likeness (QED) is 0.745. The molecule has 2 N–H and O–H groups in total. The van der Waals surface area contributed by atoms with Gasteiger partial charge in [-0.3, -0.25) is 9.59 Å². The van der Waals surface area contributed by atoms with E-state index in [0.717, 1.165) is 25.7 Å². The Kier molecular flexibility index (Phi) is 5.81. The third-order valence-electron chi connectivity index (χ3n) is 3.84. The fraction of sp³-hybridized carbons (Fsp3) is 0.786. The number of carboxylic acids is 1. The minimum atomic E-state index is -0.906. The largest absolute Gasteiger partial charge is 0.481 e. The summed E-state index contributed by atoms with van der Waals surface area (Å²) in [5.74, 6) is -1.37. The van der Waals surface area contributed by atoms with Crippen molar-refractivity contribution in [2.24, 2.45) is 11.3 Å². The molecule has 1 rings (SSSR count). The van der Waals surface area contributed by atoms with Crippen LogP contribution in [0.3, 0.4) is 0 Å². The number of hydrogen-bond donors (Lipinski definition) is 2. The summed E-state index contributed by atoms with van der Waals surface area (Å²) in [6, 6.07) is 2.04. The average molecular weight is 266 g/mol. The number of carbonyl (C=O) groups is 2. The molecule has 5 nitrogen and oxygen atoms in total. The summed E-state index contributed by atoms with van der Waals surface area (Å²) in [4.78, 5) is 23.4. The van der Waals surface area contributed by atoms with Crippen LogP contribution in [0.5, 0.6) is 0 Å². The summed E-state index contributed by atoms with van der Waals surface area (Å²) in [6.45, 7) is 2.00. The van der Waals surface area contributed by atoms with Crippen LogP contribution >= 0.6 is 0 Å². The standard InChI is InChI=1S/C14H22N2O3/c1-11(9-15)10-16-12(17)8-14(13(18)19)6-4-2-3-5-7-14/h11H,2-8,10H2,1H3,(H,16,17)(H,18,19). The molecule has 0 saturated heterocycles. The van der Waals surface area contributed by atoms with E-state index in [-0.39, 0.29) is 24.8 Å². The lowest BCUT2D eigenvalue weighted by molar-refractivity contribution is -0.152. The van der Waals surface area contributed by atoms with Gasteiger partial charge >= 0.3 is 5.97 Å². The second-order valence-corrected chi connectivity index (χ2v) is 5.51. The van der Waals surface area contributed by atoms with E-state index in [0.29, 0.717) is 12.8 Å². The summed E-state index contributed by atoms with van der Waals surface area (Å²) >= 11 is 0. The first-order valence-corrected chi connectivity index (χ1v) is 6.90. The van der Waals surface area contributed by atoms with Crippen molar-refractivity contribution in [1.82, 2.24) is 5.32 Å². The predicted molar refractivity (Wildman–Crippen MR) is 70.2 cm³/mol. The van der Waals surface area contributed by atoms with E-state index >= 15 is 0 Å². The maximum atomic E-state index is 11.9. The Labute approximate surface area is 114 Å². The zero-order chi connectivity index (χ0) is 14.3. The van der Waals surface area contributed by atoms with Gasteiger partial charge in [0.05, 0.1) is 17.4 Å². The molecule has 1 unspecified atom stereocenters. The highest BCUT2D eigenvalue weighted by Gasteiger charge is 2.40. The van der Waals surface area contributed by atoms with Crippen molar-refractivity contribution in [2.45, 2.75) is 51.9 Å². The molecule has 1 fully saturated rings. The molecule has 1 amide bonds. The van der Waals surface area contributed by atoms with Gasteiger partial charge in [0.1, 0.15) is 0 Å². The van der Waals surface area contributed by atoms with E-state index < -0.39 is 11.4 Å². The number of carboxylic acid groups (broad SMARTS) is 1. The van der Waals surface area contributed by atoms with E-state index in [1.54, 1.807) is 6.92 Å².